The summed E-state index contributed by atoms with van der Waals surface area (Å²) in [5.74, 6) is 5.32. The molecule has 4 aliphatic rings. The van der Waals surface area contributed by atoms with Crippen LogP contribution in [0.1, 0.15) is 78.6 Å². The first-order valence-corrected chi connectivity index (χ1v) is 12.8. The normalized spacial score (nSPS) is 46.4. The summed E-state index contributed by atoms with van der Waals surface area (Å²) in [6.45, 7) is 7.23. The quantitative estimate of drug-likeness (QED) is 0.613. The Morgan fingerprint density at radius 1 is 0.900 bits per heavy atom. The minimum atomic E-state index is -0.396. The van der Waals surface area contributed by atoms with Gasteiger partial charge in [-0.05, 0) is 125 Å². The first-order chi connectivity index (χ1) is 14.3. The predicted molar refractivity (Wildman–Crippen MR) is 126 cm³/mol. The Bertz CT molecular complexity index is 744. The van der Waals surface area contributed by atoms with E-state index in [9.17, 15) is 5.11 Å². The van der Waals surface area contributed by atoms with Crippen molar-refractivity contribution in [3.63, 3.8) is 0 Å². The Morgan fingerprint density at radius 3 is 2.40 bits per heavy atom. The molecule has 0 heterocycles. The third-order valence-electron chi connectivity index (χ3n) is 10.7. The first kappa shape index (κ1) is 20.9. The Labute approximate surface area is 184 Å². The molecule has 0 bridgehead atoms. The Balaban J connectivity index is 1.33. The zero-order valence-corrected chi connectivity index (χ0v) is 19.7. The molecule has 1 aromatic carbocycles. The van der Waals surface area contributed by atoms with Crippen LogP contribution in [0.15, 0.2) is 30.3 Å². The molecule has 2 nitrogen and oxygen atoms in total. The van der Waals surface area contributed by atoms with Crippen LogP contribution in [0.3, 0.4) is 0 Å². The molecule has 9 atom stereocenters. The molecule has 4 fully saturated rings. The lowest BCUT2D eigenvalue weighted by Crippen LogP contribution is -2.52. The van der Waals surface area contributed by atoms with Gasteiger partial charge < -0.3 is 10.0 Å². The largest absolute Gasteiger partial charge is 0.390 e. The van der Waals surface area contributed by atoms with Gasteiger partial charge >= 0.3 is 0 Å². The summed E-state index contributed by atoms with van der Waals surface area (Å²) in [7, 11) is 2.31. The summed E-state index contributed by atoms with van der Waals surface area (Å²) in [6.07, 6.45) is 11.9. The lowest BCUT2D eigenvalue weighted by Gasteiger charge is -2.57. The number of nitrogens with zero attached hydrogens (tertiary/aromatic N) is 1. The van der Waals surface area contributed by atoms with Crippen molar-refractivity contribution in [2.24, 2.45) is 40.9 Å². The van der Waals surface area contributed by atoms with E-state index in [1.807, 2.05) is 0 Å². The second-order valence-corrected chi connectivity index (χ2v) is 12.1. The van der Waals surface area contributed by atoms with Crippen LogP contribution in [0.5, 0.6) is 0 Å². The van der Waals surface area contributed by atoms with Crippen molar-refractivity contribution in [1.29, 1.82) is 0 Å². The molecule has 1 N–H and O–H groups in total. The number of aliphatic hydroxyl groups is 1. The van der Waals surface area contributed by atoms with Crippen molar-refractivity contribution in [1.82, 2.24) is 0 Å². The maximum atomic E-state index is 10.6. The molecule has 0 aromatic heterocycles. The molecule has 4 aliphatic carbocycles. The van der Waals surface area contributed by atoms with Crippen molar-refractivity contribution in [3.05, 3.63) is 30.3 Å². The number of rotatable bonds is 3. The van der Waals surface area contributed by atoms with Crippen LogP contribution >= 0.6 is 0 Å². The van der Waals surface area contributed by atoms with Crippen LogP contribution < -0.4 is 4.90 Å². The van der Waals surface area contributed by atoms with Gasteiger partial charge in [0.1, 0.15) is 0 Å². The van der Waals surface area contributed by atoms with Crippen LogP contribution in [-0.2, 0) is 0 Å². The van der Waals surface area contributed by atoms with Crippen LogP contribution in [0.25, 0.3) is 0 Å². The van der Waals surface area contributed by atoms with Crippen LogP contribution in [0, 0.1) is 40.9 Å². The zero-order chi connectivity index (χ0) is 21.1. The van der Waals surface area contributed by atoms with Gasteiger partial charge in [0.2, 0.25) is 0 Å². The summed E-state index contributed by atoms with van der Waals surface area (Å²) >= 11 is 0. The molecule has 0 amide bonds. The second kappa shape index (κ2) is 7.54. The molecule has 0 aliphatic heterocycles. The molecule has 0 radical (unpaired) electrons. The van der Waals surface area contributed by atoms with Gasteiger partial charge in [0.25, 0.3) is 0 Å². The molecular weight excluding hydrogens is 366 g/mol. The monoisotopic (exact) mass is 409 g/mol. The SMILES string of the molecule is CC([C@H]1CC[C@H]2[C@@H]3CC[C@@H]4C[C@](C)(O)CC[C@@H]4[C@H]3CC[C@]12C)N(C)c1ccccc1. The van der Waals surface area contributed by atoms with Crippen LogP contribution in [0.4, 0.5) is 5.69 Å². The Kier molecular flexibility index (Phi) is 5.24. The zero-order valence-electron chi connectivity index (χ0n) is 19.7. The number of para-hydroxylation sites is 1. The molecule has 4 saturated carbocycles. The summed E-state index contributed by atoms with van der Waals surface area (Å²) in [6, 6.07) is 11.6. The Hall–Kier alpha value is -1.02. The molecule has 0 spiro atoms. The van der Waals surface area contributed by atoms with Crippen LogP contribution in [0.2, 0.25) is 0 Å². The third-order valence-corrected chi connectivity index (χ3v) is 10.7. The number of anilines is 1. The van der Waals surface area contributed by atoms with Crippen molar-refractivity contribution in [2.75, 3.05) is 11.9 Å². The molecule has 2 heteroatoms. The lowest BCUT2D eigenvalue weighted by atomic mass is 9.48. The van der Waals surface area contributed by atoms with E-state index < -0.39 is 5.60 Å². The van der Waals surface area contributed by atoms with E-state index in [-0.39, 0.29) is 0 Å². The van der Waals surface area contributed by atoms with Gasteiger partial charge in [-0.1, -0.05) is 25.1 Å². The van der Waals surface area contributed by atoms with E-state index in [0.717, 1.165) is 48.3 Å². The number of hydrogen-bond donors (Lipinski definition) is 1. The van der Waals surface area contributed by atoms with Crippen molar-refractivity contribution in [3.8, 4) is 0 Å². The van der Waals surface area contributed by atoms with E-state index in [2.05, 4.69) is 63.1 Å². The Morgan fingerprint density at radius 2 is 1.63 bits per heavy atom. The van der Waals surface area contributed by atoms with E-state index >= 15 is 0 Å². The molecular formula is C28H43NO. The summed E-state index contributed by atoms with van der Waals surface area (Å²) in [5, 5.41) is 10.6. The maximum Gasteiger partial charge on any atom is 0.0622 e. The average Bonchev–Trinajstić information content (AvgIpc) is 3.09. The molecule has 1 aromatic rings. The maximum absolute atomic E-state index is 10.6. The smallest absolute Gasteiger partial charge is 0.0622 e. The average molecular weight is 410 g/mol. The fourth-order valence-electron chi connectivity index (χ4n) is 9.08. The van der Waals surface area contributed by atoms with E-state index in [4.69, 9.17) is 0 Å². The molecule has 166 valence electrons. The molecule has 5 rings (SSSR count). The topological polar surface area (TPSA) is 23.5 Å². The van der Waals surface area contributed by atoms with Crippen molar-refractivity contribution in [2.45, 2.75) is 90.2 Å². The molecule has 30 heavy (non-hydrogen) atoms. The van der Waals surface area contributed by atoms with Gasteiger partial charge in [0.15, 0.2) is 0 Å². The van der Waals surface area contributed by atoms with E-state index in [1.54, 1.807) is 0 Å². The highest BCUT2D eigenvalue weighted by Gasteiger charge is 2.58. The minimum Gasteiger partial charge on any atom is -0.390 e. The van der Waals surface area contributed by atoms with Gasteiger partial charge in [0, 0.05) is 18.8 Å². The summed E-state index contributed by atoms with van der Waals surface area (Å²) in [5.41, 5.74) is 1.48. The molecule has 0 saturated heterocycles. The standard InChI is InChI=1S/C28H43NO/c1-19(29(4)21-8-6-5-7-9-21)25-12-13-26-24-11-10-20-18-27(2,30)16-14-22(20)23(24)15-17-28(25,26)3/h5-9,19-20,22-26,30H,10-18H2,1-4H3/t19?,20-,22+,23-,24-,25-,26+,27-,28-/m1/s1. The van der Waals surface area contributed by atoms with E-state index in [0.29, 0.717) is 11.5 Å². The van der Waals surface area contributed by atoms with Gasteiger partial charge in [-0.25, -0.2) is 0 Å². The van der Waals surface area contributed by atoms with Crippen molar-refractivity contribution >= 4 is 5.69 Å². The van der Waals surface area contributed by atoms with Crippen molar-refractivity contribution < 1.29 is 5.11 Å². The second-order valence-electron chi connectivity index (χ2n) is 12.1. The summed E-state index contributed by atoms with van der Waals surface area (Å²) in [4.78, 5) is 2.55. The number of fused-ring (bicyclic) bond motifs is 5. The third kappa shape index (κ3) is 3.33. The number of hydrogen-bond acceptors (Lipinski definition) is 2. The fourth-order valence-corrected chi connectivity index (χ4v) is 9.08. The van der Waals surface area contributed by atoms with Gasteiger partial charge in [-0.15, -0.1) is 0 Å². The predicted octanol–water partition coefficient (Wildman–Crippen LogP) is 6.53. The van der Waals surface area contributed by atoms with Crippen LogP contribution in [-0.4, -0.2) is 23.8 Å². The van der Waals surface area contributed by atoms with Gasteiger partial charge in [-0.2, -0.15) is 0 Å². The molecule has 1 unspecified atom stereocenters. The van der Waals surface area contributed by atoms with Gasteiger partial charge in [0.05, 0.1) is 5.60 Å². The highest BCUT2D eigenvalue weighted by Crippen LogP contribution is 2.65. The van der Waals surface area contributed by atoms with Gasteiger partial charge in [-0.3, -0.25) is 0 Å². The summed E-state index contributed by atoms with van der Waals surface area (Å²) < 4.78 is 0. The fraction of sp³-hybridized carbons (Fsp3) is 0.786. The minimum absolute atomic E-state index is 0.396. The number of benzene rings is 1. The first-order valence-electron chi connectivity index (χ1n) is 12.8. The lowest BCUT2D eigenvalue weighted by molar-refractivity contribution is -0.101. The highest BCUT2D eigenvalue weighted by atomic mass is 16.3. The highest BCUT2D eigenvalue weighted by molar-refractivity contribution is 5.46. The van der Waals surface area contributed by atoms with E-state index in [1.165, 1.54) is 50.6 Å².